The monoisotopic (exact) mass is 853 g/mol. The Balaban J connectivity index is 0.000000233. The molecule has 49 heavy (non-hydrogen) atoms. The summed E-state index contributed by atoms with van der Waals surface area (Å²) in [5.74, 6) is 0. The molecule has 0 bridgehead atoms. The van der Waals surface area contributed by atoms with E-state index in [1.54, 1.807) is 0 Å². The molecular weight excluding hydrogens is 809 g/mol. The number of pyridine rings is 2. The van der Waals surface area contributed by atoms with Gasteiger partial charge in [-0.15, -0.1) is 59.7 Å². The summed E-state index contributed by atoms with van der Waals surface area (Å²) < 4.78 is 2.57. The molecular formula is C44H44IrN2SSi-2. The Morgan fingerprint density at radius 3 is 2.10 bits per heavy atom. The Kier molecular flexibility index (Phi) is 10.9. The number of hydrogen-bond acceptors (Lipinski definition) is 3. The second-order valence-corrected chi connectivity index (χ2v) is 20.9. The molecule has 0 saturated carbocycles. The molecule has 3 heterocycles. The summed E-state index contributed by atoms with van der Waals surface area (Å²) in [6, 6.07) is 39.0. The van der Waals surface area contributed by atoms with Crippen molar-refractivity contribution in [3.05, 3.63) is 138 Å². The first-order chi connectivity index (χ1) is 22.8. The predicted molar refractivity (Wildman–Crippen MR) is 211 cm³/mol. The molecule has 5 heteroatoms. The summed E-state index contributed by atoms with van der Waals surface area (Å²) in [4.78, 5) is 9.23. The first-order valence-electron chi connectivity index (χ1n) is 16.7. The third-order valence-electron chi connectivity index (χ3n) is 8.90. The average Bonchev–Trinajstić information content (AvgIpc) is 3.42. The van der Waals surface area contributed by atoms with E-state index in [-0.39, 0.29) is 25.5 Å². The minimum absolute atomic E-state index is 0. The smallest absolute Gasteiger partial charge is 0.0795 e. The molecule has 7 aromatic rings. The van der Waals surface area contributed by atoms with Crippen LogP contribution in [0.25, 0.3) is 53.8 Å². The van der Waals surface area contributed by atoms with Gasteiger partial charge in [0.1, 0.15) is 0 Å². The van der Waals surface area contributed by atoms with Gasteiger partial charge in [-0.1, -0.05) is 93.8 Å². The van der Waals surface area contributed by atoms with Gasteiger partial charge in [0.05, 0.1) is 8.07 Å². The van der Waals surface area contributed by atoms with Crippen molar-refractivity contribution in [1.82, 2.24) is 9.97 Å². The Morgan fingerprint density at radius 2 is 1.47 bits per heavy atom. The van der Waals surface area contributed by atoms with Crippen LogP contribution in [0.2, 0.25) is 19.6 Å². The molecule has 0 aliphatic rings. The maximum absolute atomic E-state index is 4.72. The van der Waals surface area contributed by atoms with Crippen LogP contribution in [0.3, 0.4) is 0 Å². The van der Waals surface area contributed by atoms with E-state index in [1.807, 2.05) is 54.1 Å². The zero-order valence-electron chi connectivity index (χ0n) is 30.0. The van der Waals surface area contributed by atoms with Crippen LogP contribution < -0.4 is 5.19 Å². The van der Waals surface area contributed by atoms with E-state index in [2.05, 4.69) is 139 Å². The quantitative estimate of drug-likeness (QED) is 0.130. The van der Waals surface area contributed by atoms with Gasteiger partial charge < -0.3 is 9.97 Å². The van der Waals surface area contributed by atoms with E-state index < -0.39 is 8.07 Å². The Morgan fingerprint density at radius 1 is 0.714 bits per heavy atom. The van der Waals surface area contributed by atoms with Crippen molar-refractivity contribution in [2.75, 3.05) is 0 Å². The van der Waals surface area contributed by atoms with Crippen LogP contribution in [0.1, 0.15) is 43.0 Å². The van der Waals surface area contributed by atoms with Gasteiger partial charge in [-0.3, -0.25) is 0 Å². The van der Waals surface area contributed by atoms with Gasteiger partial charge in [0.25, 0.3) is 0 Å². The molecule has 0 aliphatic carbocycles. The normalized spacial score (nSPS) is 11.6. The number of rotatable bonds is 4. The average molecular weight is 853 g/mol. The Bertz CT molecular complexity index is 2200. The summed E-state index contributed by atoms with van der Waals surface area (Å²) >= 11 is 1.85. The second kappa shape index (κ2) is 14.6. The molecule has 0 unspecified atom stereocenters. The van der Waals surface area contributed by atoms with E-state index in [0.29, 0.717) is 0 Å². The second-order valence-electron chi connectivity index (χ2n) is 14.8. The molecule has 7 rings (SSSR count). The summed E-state index contributed by atoms with van der Waals surface area (Å²) in [6.07, 6.45) is 3.94. The van der Waals surface area contributed by atoms with Crippen LogP contribution >= 0.6 is 11.3 Å². The topological polar surface area (TPSA) is 25.8 Å². The predicted octanol–water partition coefficient (Wildman–Crippen LogP) is 11.9. The minimum Gasteiger partial charge on any atom is -0.305 e. The maximum Gasteiger partial charge on any atom is 0.0795 e. The van der Waals surface area contributed by atoms with E-state index in [4.69, 9.17) is 4.98 Å². The van der Waals surface area contributed by atoms with Crippen molar-refractivity contribution in [1.29, 1.82) is 0 Å². The van der Waals surface area contributed by atoms with Crippen LogP contribution in [-0.2, 0) is 25.5 Å². The molecule has 0 amide bonds. The Labute approximate surface area is 311 Å². The van der Waals surface area contributed by atoms with Crippen molar-refractivity contribution in [3.8, 4) is 33.6 Å². The standard InChI is InChI=1S/C30H28NS.C14H16NSi.Ir/c1-18-14-19(2)28(20(3)15-18)21-10-11-23-24-8-7-9-25(29(24)32-27(23)16-21)26-17-22(12-13-31-26)30(4,5)6;1-16(2,3)13-9-10-14(15-11-13)12-7-5-4-6-8-12;/h7-8,10-17H,1-6H3;4-7,9-11H,1-3H3;/q2*-1;. The number of aryl methyl sites for hydroxylation is 3. The molecule has 2 nitrogen and oxygen atoms in total. The molecule has 0 fully saturated rings. The molecule has 251 valence electrons. The first-order valence-corrected chi connectivity index (χ1v) is 21.0. The van der Waals surface area contributed by atoms with Crippen LogP contribution in [0, 0.1) is 32.9 Å². The zero-order valence-corrected chi connectivity index (χ0v) is 34.2. The van der Waals surface area contributed by atoms with Crippen molar-refractivity contribution in [2.24, 2.45) is 0 Å². The fourth-order valence-electron chi connectivity index (χ4n) is 6.31. The molecule has 1 radical (unpaired) electrons. The summed E-state index contributed by atoms with van der Waals surface area (Å²) in [7, 11) is -1.23. The molecule has 0 saturated heterocycles. The van der Waals surface area contributed by atoms with Gasteiger partial charge in [0, 0.05) is 37.2 Å². The van der Waals surface area contributed by atoms with Crippen molar-refractivity contribution >= 4 is 44.8 Å². The van der Waals surface area contributed by atoms with Crippen molar-refractivity contribution in [2.45, 2.75) is 66.6 Å². The van der Waals surface area contributed by atoms with Crippen molar-refractivity contribution in [3.63, 3.8) is 0 Å². The Hall–Kier alpha value is -3.73. The number of fused-ring (bicyclic) bond motifs is 3. The van der Waals surface area contributed by atoms with Crippen molar-refractivity contribution < 1.29 is 20.1 Å². The summed E-state index contributed by atoms with van der Waals surface area (Å²) in [6.45, 7) is 20.3. The number of benzene rings is 4. The van der Waals surface area contributed by atoms with Gasteiger partial charge in [-0.05, 0) is 92.8 Å². The van der Waals surface area contributed by atoms with Gasteiger partial charge in [-0.25, -0.2) is 0 Å². The van der Waals surface area contributed by atoms with E-state index in [1.165, 1.54) is 58.7 Å². The van der Waals surface area contributed by atoms with Gasteiger partial charge >= 0.3 is 0 Å². The summed E-state index contributed by atoms with van der Waals surface area (Å²) in [5.41, 5.74) is 12.2. The number of nitrogens with zero attached hydrogens (tertiary/aromatic N) is 2. The zero-order chi connectivity index (χ0) is 34.2. The number of hydrogen-bond donors (Lipinski definition) is 0. The third kappa shape index (κ3) is 8.03. The van der Waals surface area contributed by atoms with Gasteiger partial charge in [-0.2, -0.15) is 11.3 Å². The molecule has 4 aromatic carbocycles. The molecule has 0 atom stereocenters. The van der Waals surface area contributed by atoms with E-state index in [0.717, 1.165) is 22.5 Å². The van der Waals surface area contributed by atoms with Crippen LogP contribution in [0.4, 0.5) is 0 Å². The number of aromatic nitrogens is 2. The largest absolute Gasteiger partial charge is 0.305 e. The summed E-state index contributed by atoms with van der Waals surface area (Å²) in [5, 5.41) is 3.98. The fraction of sp³-hybridized carbons (Fsp3) is 0.227. The maximum atomic E-state index is 4.72. The molecule has 0 spiro atoms. The van der Waals surface area contributed by atoms with Gasteiger partial charge in [0.15, 0.2) is 0 Å². The molecule has 3 aromatic heterocycles. The van der Waals surface area contributed by atoms with Gasteiger partial charge in [0.2, 0.25) is 0 Å². The van der Waals surface area contributed by atoms with Crippen LogP contribution in [0.15, 0.2) is 103 Å². The SMILES string of the molecule is C[Si](C)(C)c1ccc(-c2[c-]cccc2)nc1.Cc1cc(C)c(-c2ccc3c(c2)sc2c(-c4cc(C(C)(C)C)ccn4)[c-]ccc23)c(C)c1.[Ir]. The van der Waals surface area contributed by atoms with Crippen LogP contribution in [-0.4, -0.2) is 18.0 Å². The van der Waals surface area contributed by atoms with Crippen LogP contribution in [0.5, 0.6) is 0 Å². The molecule has 0 N–H and O–H groups in total. The van der Waals surface area contributed by atoms with E-state index in [9.17, 15) is 0 Å². The molecule has 0 aliphatic heterocycles. The minimum atomic E-state index is -1.23. The van der Waals surface area contributed by atoms with E-state index >= 15 is 0 Å². The first kappa shape index (κ1) is 36.5. The fourth-order valence-corrected chi connectivity index (χ4v) is 8.59. The third-order valence-corrected chi connectivity index (χ3v) is 12.1. The number of thiophene rings is 1.